The van der Waals surface area contributed by atoms with Crippen LogP contribution in [0.15, 0.2) is 37.2 Å². The third-order valence-electron chi connectivity index (χ3n) is 4.15. The van der Waals surface area contributed by atoms with E-state index in [-0.39, 0.29) is 11.6 Å². The fraction of sp³-hybridized carbons (Fsp3) is 0.375. The minimum absolute atomic E-state index is 0.170. The Labute approximate surface area is 154 Å². The SMILES string of the molecule is CCn1cc(Cn2cc(NC(=O)C(C)(C)n3cc([N+](=O)[O-])cn3)cn2)cn1. The predicted octanol–water partition coefficient (Wildman–Crippen LogP) is 1.63. The summed E-state index contributed by atoms with van der Waals surface area (Å²) < 4.78 is 4.79. The summed E-state index contributed by atoms with van der Waals surface area (Å²) in [5, 5.41) is 26.0. The number of rotatable bonds is 7. The highest BCUT2D eigenvalue weighted by Crippen LogP contribution is 2.20. The van der Waals surface area contributed by atoms with Crippen LogP contribution in [0.4, 0.5) is 11.4 Å². The Morgan fingerprint density at radius 3 is 2.52 bits per heavy atom. The number of carbonyl (C=O) groups is 1. The van der Waals surface area contributed by atoms with E-state index >= 15 is 0 Å². The highest BCUT2D eigenvalue weighted by Gasteiger charge is 2.32. The summed E-state index contributed by atoms with van der Waals surface area (Å²) in [5.41, 5.74) is 0.245. The van der Waals surface area contributed by atoms with E-state index in [1.165, 1.54) is 10.9 Å². The van der Waals surface area contributed by atoms with Crippen molar-refractivity contribution in [3.8, 4) is 0 Å². The average molecular weight is 372 g/mol. The van der Waals surface area contributed by atoms with Crippen LogP contribution in [0.3, 0.4) is 0 Å². The first kappa shape index (κ1) is 18.3. The van der Waals surface area contributed by atoms with E-state index in [0.717, 1.165) is 18.3 Å². The van der Waals surface area contributed by atoms with Gasteiger partial charge in [-0.3, -0.25) is 29.0 Å². The Morgan fingerprint density at radius 2 is 1.89 bits per heavy atom. The molecule has 0 bridgehead atoms. The zero-order chi connectivity index (χ0) is 19.6. The summed E-state index contributed by atoms with van der Waals surface area (Å²) in [7, 11) is 0. The zero-order valence-corrected chi connectivity index (χ0v) is 15.2. The number of aryl methyl sites for hydroxylation is 1. The minimum atomic E-state index is -1.11. The third-order valence-corrected chi connectivity index (χ3v) is 4.15. The van der Waals surface area contributed by atoms with Gasteiger partial charge in [-0.2, -0.15) is 15.3 Å². The summed E-state index contributed by atoms with van der Waals surface area (Å²) in [4.78, 5) is 22.9. The van der Waals surface area contributed by atoms with Crippen LogP contribution in [0.25, 0.3) is 0 Å². The van der Waals surface area contributed by atoms with Crippen molar-refractivity contribution in [1.82, 2.24) is 29.3 Å². The molecule has 0 aliphatic rings. The highest BCUT2D eigenvalue weighted by molar-refractivity contribution is 5.95. The molecule has 0 radical (unpaired) electrons. The van der Waals surface area contributed by atoms with Gasteiger partial charge in [-0.15, -0.1) is 0 Å². The van der Waals surface area contributed by atoms with E-state index in [2.05, 4.69) is 20.6 Å². The molecule has 11 heteroatoms. The van der Waals surface area contributed by atoms with Crippen LogP contribution in [-0.4, -0.2) is 40.2 Å². The quantitative estimate of drug-likeness (QED) is 0.496. The number of amides is 1. The molecule has 0 unspecified atom stereocenters. The Balaban J connectivity index is 1.68. The van der Waals surface area contributed by atoms with E-state index in [4.69, 9.17) is 0 Å². The lowest BCUT2D eigenvalue weighted by atomic mass is 10.1. The summed E-state index contributed by atoms with van der Waals surface area (Å²) >= 11 is 0. The van der Waals surface area contributed by atoms with Crippen LogP contribution in [0.2, 0.25) is 0 Å². The molecule has 0 atom stereocenters. The van der Waals surface area contributed by atoms with E-state index in [9.17, 15) is 14.9 Å². The van der Waals surface area contributed by atoms with Crippen molar-refractivity contribution >= 4 is 17.3 Å². The molecule has 0 aromatic carbocycles. The molecule has 27 heavy (non-hydrogen) atoms. The Hall–Kier alpha value is -3.50. The maximum atomic E-state index is 12.6. The first-order valence-electron chi connectivity index (χ1n) is 8.34. The van der Waals surface area contributed by atoms with Crippen LogP contribution in [0.1, 0.15) is 26.3 Å². The van der Waals surface area contributed by atoms with Gasteiger partial charge in [-0.25, -0.2) is 0 Å². The van der Waals surface area contributed by atoms with Crippen molar-refractivity contribution in [2.75, 3.05) is 5.32 Å². The number of anilines is 1. The molecule has 3 aromatic rings. The molecule has 0 aliphatic heterocycles. The van der Waals surface area contributed by atoms with Crippen LogP contribution in [-0.2, 0) is 23.4 Å². The molecule has 1 N–H and O–H groups in total. The number of aromatic nitrogens is 6. The van der Waals surface area contributed by atoms with Gasteiger partial charge in [0.05, 0.1) is 29.5 Å². The van der Waals surface area contributed by atoms with Crippen LogP contribution in [0, 0.1) is 10.1 Å². The van der Waals surface area contributed by atoms with Gasteiger partial charge >= 0.3 is 5.69 Å². The van der Waals surface area contributed by atoms with E-state index in [1.54, 1.807) is 37.1 Å². The summed E-state index contributed by atoms with van der Waals surface area (Å²) in [6.45, 7) is 6.59. The number of hydrogen-bond donors (Lipinski definition) is 1. The topological polar surface area (TPSA) is 126 Å². The number of nitro groups is 1. The second-order valence-corrected chi connectivity index (χ2v) is 6.54. The lowest BCUT2D eigenvalue weighted by Gasteiger charge is -2.23. The standard InChI is InChI=1S/C16H20N8O3/c1-4-21-8-12(5-17-21)9-22-10-13(6-18-22)20-15(25)16(2,3)23-11-14(7-19-23)24(26)27/h5-8,10-11H,4,9H2,1-3H3,(H,20,25). The van der Waals surface area contributed by atoms with Crippen molar-refractivity contribution < 1.29 is 9.72 Å². The lowest BCUT2D eigenvalue weighted by molar-refractivity contribution is -0.385. The monoisotopic (exact) mass is 372 g/mol. The molecule has 0 aliphatic carbocycles. The van der Waals surface area contributed by atoms with E-state index in [1.807, 2.05) is 17.8 Å². The van der Waals surface area contributed by atoms with Crippen LogP contribution < -0.4 is 5.32 Å². The highest BCUT2D eigenvalue weighted by atomic mass is 16.6. The van der Waals surface area contributed by atoms with Crippen molar-refractivity contribution in [2.45, 2.75) is 39.4 Å². The molecule has 11 nitrogen and oxygen atoms in total. The largest absolute Gasteiger partial charge is 0.321 e. The number of carbonyl (C=O) groups excluding carboxylic acids is 1. The van der Waals surface area contributed by atoms with E-state index < -0.39 is 10.5 Å². The molecule has 0 saturated heterocycles. The fourth-order valence-corrected chi connectivity index (χ4v) is 2.46. The molecule has 1 amide bonds. The molecule has 0 saturated carbocycles. The Morgan fingerprint density at radius 1 is 1.15 bits per heavy atom. The van der Waals surface area contributed by atoms with Crippen LogP contribution >= 0.6 is 0 Å². The normalized spacial score (nSPS) is 11.5. The van der Waals surface area contributed by atoms with Gasteiger partial charge in [-0.05, 0) is 20.8 Å². The number of nitrogens with one attached hydrogen (secondary N) is 1. The first-order valence-corrected chi connectivity index (χ1v) is 8.34. The van der Waals surface area contributed by atoms with Gasteiger partial charge < -0.3 is 5.32 Å². The van der Waals surface area contributed by atoms with Crippen LogP contribution in [0.5, 0.6) is 0 Å². The van der Waals surface area contributed by atoms with Crippen molar-refractivity contribution in [1.29, 1.82) is 0 Å². The van der Waals surface area contributed by atoms with Gasteiger partial charge in [0.2, 0.25) is 0 Å². The summed E-state index contributed by atoms with van der Waals surface area (Å²) in [6.07, 6.45) is 9.31. The summed E-state index contributed by atoms with van der Waals surface area (Å²) in [6, 6.07) is 0. The second-order valence-electron chi connectivity index (χ2n) is 6.54. The predicted molar refractivity (Wildman–Crippen MR) is 96.1 cm³/mol. The molecular weight excluding hydrogens is 352 g/mol. The van der Waals surface area contributed by atoms with Gasteiger partial charge in [0.1, 0.15) is 17.9 Å². The lowest BCUT2D eigenvalue weighted by Crippen LogP contribution is -2.40. The third kappa shape index (κ3) is 3.86. The van der Waals surface area contributed by atoms with Crippen molar-refractivity contribution in [2.24, 2.45) is 0 Å². The first-order chi connectivity index (χ1) is 12.8. The molecule has 3 rings (SSSR count). The Bertz CT molecular complexity index is 968. The molecule has 142 valence electrons. The molecule has 0 spiro atoms. The van der Waals surface area contributed by atoms with Gasteiger partial charge in [-0.1, -0.05) is 0 Å². The molecule has 0 fully saturated rings. The minimum Gasteiger partial charge on any atom is -0.321 e. The Kier molecular flexibility index (Phi) is 4.75. The molecular formula is C16H20N8O3. The van der Waals surface area contributed by atoms with Crippen molar-refractivity contribution in [3.05, 3.63) is 52.9 Å². The number of hydrogen-bond acceptors (Lipinski definition) is 6. The smallest absolute Gasteiger partial charge is 0.307 e. The van der Waals surface area contributed by atoms with Crippen molar-refractivity contribution in [3.63, 3.8) is 0 Å². The fourth-order valence-electron chi connectivity index (χ4n) is 2.46. The van der Waals surface area contributed by atoms with E-state index in [0.29, 0.717) is 12.2 Å². The zero-order valence-electron chi connectivity index (χ0n) is 15.2. The maximum Gasteiger partial charge on any atom is 0.307 e. The average Bonchev–Trinajstić information content (AvgIpc) is 3.35. The number of nitrogens with zero attached hydrogens (tertiary/aromatic N) is 7. The second kappa shape index (κ2) is 7.02. The molecule has 3 aromatic heterocycles. The summed E-state index contributed by atoms with van der Waals surface area (Å²) in [5.74, 6) is -0.362. The molecule has 3 heterocycles. The maximum absolute atomic E-state index is 12.6. The van der Waals surface area contributed by atoms with Gasteiger partial charge in [0.15, 0.2) is 0 Å². The van der Waals surface area contributed by atoms with Gasteiger partial charge in [0.25, 0.3) is 5.91 Å². The van der Waals surface area contributed by atoms with Gasteiger partial charge in [0, 0.05) is 24.5 Å².